The Morgan fingerprint density at radius 1 is 1.11 bits per heavy atom. The minimum Gasteiger partial charge on any atom is -0.348 e. The van der Waals surface area contributed by atoms with Crippen molar-refractivity contribution in [2.24, 2.45) is 0 Å². The molecule has 2 amide bonds. The van der Waals surface area contributed by atoms with E-state index in [0.29, 0.717) is 38.8 Å². The minimum atomic E-state index is 0.0799. The fraction of sp³-hybridized carbons (Fsp3) is 0.517. The third kappa shape index (κ3) is 5.40. The summed E-state index contributed by atoms with van der Waals surface area (Å²) in [6.07, 6.45) is 7.45. The summed E-state index contributed by atoms with van der Waals surface area (Å²) in [5, 5.41) is 3.10. The second kappa shape index (κ2) is 11.4. The first-order valence-electron chi connectivity index (χ1n) is 13.7. The Hall–Kier alpha value is -3.04. The molecule has 3 aromatic heterocycles. The van der Waals surface area contributed by atoms with E-state index in [0.717, 1.165) is 58.2 Å². The molecular weight excluding hydrogens is 496 g/mol. The van der Waals surface area contributed by atoms with Gasteiger partial charge in [-0.05, 0) is 44.4 Å². The topological polar surface area (TPSA) is 74.6 Å². The van der Waals surface area contributed by atoms with Crippen molar-refractivity contribution in [3.8, 4) is 22.0 Å². The van der Waals surface area contributed by atoms with Crippen LogP contribution in [0.2, 0.25) is 0 Å². The van der Waals surface area contributed by atoms with Crippen LogP contribution in [0.3, 0.4) is 0 Å². The van der Waals surface area contributed by atoms with E-state index in [-0.39, 0.29) is 11.8 Å². The van der Waals surface area contributed by atoms with Crippen LogP contribution in [0.25, 0.3) is 22.0 Å². The largest absolute Gasteiger partial charge is 0.348 e. The van der Waals surface area contributed by atoms with Crippen LogP contribution in [0.15, 0.2) is 29.8 Å². The molecule has 8 nitrogen and oxygen atoms in total. The standard InChI is InChI=1S/C29H38N6O2S/c1-5-22-16-21(10-11-30-22)28-31-25(19-38-28)26-17-24(20(2)35(26)23-8-6-7-9-23)29(37)34-14-12-33(13-15-34)18-27(36)32(3)4/h10-11,16-17,19,23H,5-9,12-15,18H2,1-4H3. The van der Waals surface area contributed by atoms with Gasteiger partial charge in [-0.15, -0.1) is 11.3 Å². The first-order chi connectivity index (χ1) is 18.4. The zero-order valence-corrected chi connectivity index (χ0v) is 23.8. The van der Waals surface area contributed by atoms with Crippen LogP contribution < -0.4 is 0 Å². The van der Waals surface area contributed by atoms with Crippen LogP contribution in [0.1, 0.15) is 60.4 Å². The summed E-state index contributed by atoms with van der Waals surface area (Å²) in [4.78, 5) is 41.0. The van der Waals surface area contributed by atoms with Crippen molar-refractivity contribution in [2.45, 2.75) is 52.0 Å². The molecule has 9 heteroatoms. The maximum absolute atomic E-state index is 13.8. The Morgan fingerprint density at radius 3 is 2.53 bits per heavy atom. The second-order valence-corrected chi connectivity index (χ2v) is 11.5. The van der Waals surface area contributed by atoms with Crippen LogP contribution in [0, 0.1) is 6.92 Å². The van der Waals surface area contributed by atoms with Crippen LogP contribution in [-0.2, 0) is 11.2 Å². The molecule has 2 fully saturated rings. The van der Waals surface area contributed by atoms with Gasteiger partial charge in [-0.1, -0.05) is 19.8 Å². The number of piperazine rings is 1. The number of thiazole rings is 1. The molecule has 1 saturated heterocycles. The molecule has 1 aliphatic heterocycles. The average molecular weight is 535 g/mol. The highest BCUT2D eigenvalue weighted by Gasteiger charge is 2.30. The van der Waals surface area contributed by atoms with Gasteiger partial charge in [-0.25, -0.2) is 4.98 Å². The van der Waals surface area contributed by atoms with Crippen LogP contribution >= 0.6 is 11.3 Å². The summed E-state index contributed by atoms with van der Waals surface area (Å²) in [5.74, 6) is 0.176. The summed E-state index contributed by atoms with van der Waals surface area (Å²) < 4.78 is 2.38. The molecule has 0 spiro atoms. The van der Waals surface area contributed by atoms with E-state index >= 15 is 0 Å². The summed E-state index contributed by atoms with van der Waals surface area (Å²) >= 11 is 1.64. The average Bonchev–Trinajstić information content (AvgIpc) is 3.69. The normalized spacial score (nSPS) is 16.8. The van der Waals surface area contributed by atoms with Crippen LogP contribution in [-0.4, -0.2) is 87.9 Å². The maximum atomic E-state index is 13.8. The van der Waals surface area contributed by atoms with Crippen molar-refractivity contribution in [1.82, 2.24) is 29.2 Å². The summed E-state index contributed by atoms with van der Waals surface area (Å²) in [6.45, 7) is 7.28. The third-order valence-corrected chi connectivity index (χ3v) is 8.81. The monoisotopic (exact) mass is 534 g/mol. The van der Waals surface area contributed by atoms with Gasteiger partial charge in [0.25, 0.3) is 5.91 Å². The molecule has 0 bridgehead atoms. The fourth-order valence-electron chi connectivity index (χ4n) is 5.61. The predicted octanol–water partition coefficient (Wildman–Crippen LogP) is 4.51. The lowest BCUT2D eigenvalue weighted by Crippen LogP contribution is -2.51. The van der Waals surface area contributed by atoms with E-state index in [1.807, 2.05) is 17.2 Å². The van der Waals surface area contributed by atoms with Gasteiger partial charge in [-0.3, -0.25) is 19.5 Å². The number of carbonyl (C=O) groups is 2. The van der Waals surface area contributed by atoms with E-state index in [1.165, 1.54) is 12.8 Å². The maximum Gasteiger partial charge on any atom is 0.255 e. The van der Waals surface area contributed by atoms with E-state index in [2.05, 4.69) is 45.8 Å². The number of hydrogen-bond donors (Lipinski definition) is 0. The molecule has 0 unspecified atom stereocenters. The van der Waals surface area contributed by atoms with Gasteiger partial charge in [0.05, 0.1) is 23.5 Å². The molecule has 4 heterocycles. The van der Waals surface area contributed by atoms with E-state index in [4.69, 9.17) is 4.98 Å². The van der Waals surface area contributed by atoms with E-state index in [1.54, 1.807) is 30.3 Å². The van der Waals surface area contributed by atoms with Crippen molar-refractivity contribution in [3.63, 3.8) is 0 Å². The number of aryl methyl sites for hydroxylation is 1. The smallest absolute Gasteiger partial charge is 0.255 e. The zero-order chi connectivity index (χ0) is 26.8. The van der Waals surface area contributed by atoms with Crippen LogP contribution in [0.4, 0.5) is 0 Å². The molecule has 5 rings (SSSR count). The lowest BCUT2D eigenvalue weighted by molar-refractivity contribution is -0.130. The van der Waals surface area contributed by atoms with Crippen molar-refractivity contribution in [3.05, 3.63) is 46.7 Å². The number of nitrogens with zero attached hydrogens (tertiary/aromatic N) is 6. The van der Waals surface area contributed by atoms with Gasteiger partial charge >= 0.3 is 0 Å². The molecule has 38 heavy (non-hydrogen) atoms. The zero-order valence-electron chi connectivity index (χ0n) is 22.9. The molecule has 3 aromatic rings. The van der Waals surface area contributed by atoms with Crippen molar-refractivity contribution < 1.29 is 9.59 Å². The molecular formula is C29H38N6O2S. The minimum absolute atomic E-state index is 0.0799. The Kier molecular flexibility index (Phi) is 7.95. The van der Waals surface area contributed by atoms with Crippen molar-refractivity contribution in [1.29, 1.82) is 0 Å². The SMILES string of the molecule is CCc1cc(-c2nc(-c3cc(C(=O)N4CCN(CC(=O)N(C)C)CC4)c(C)n3C3CCCC3)cs2)ccn1. The molecule has 202 valence electrons. The number of rotatable bonds is 7. The summed E-state index contributed by atoms with van der Waals surface area (Å²) in [6, 6.07) is 6.60. The molecule has 0 radical (unpaired) electrons. The Balaban J connectivity index is 1.40. The number of likely N-dealkylation sites (N-methyl/N-ethyl adjacent to an activating group) is 1. The Morgan fingerprint density at radius 2 is 1.84 bits per heavy atom. The number of pyridine rings is 1. The number of hydrogen-bond acceptors (Lipinski definition) is 6. The lowest BCUT2D eigenvalue weighted by atomic mass is 10.2. The van der Waals surface area contributed by atoms with Crippen molar-refractivity contribution >= 4 is 23.2 Å². The second-order valence-electron chi connectivity index (χ2n) is 10.6. The van der Waals surface area contributed by atoms with Gasteiger partial charge in [0.1, 0.15) is 5.01 Å². The first kappa shape index (κ1) is 26.6. The van der Waals surface area contributed by atoms with Gasteiger partial charge in [0, 0.05) is 74.8 Å². The molecule has 0 N–H and O–H groups in total. The van der Waals surface area contributed by atoms with Crippen molar-refractivity contribution in [2.75, 3.05) is 46.8 Å². The quantitative estimate of drug-likeness (QED) is 0.446. The highest BCUT2D eigenvalue weighted by Crippen LogP contribution is 2.39. The van der Waals surface area contributed by atoms with Gasteiger partial charge in [0.2, 0.25) is 5.91 Å². The highest BCUT2D eigenvalue weighted by atomic mass is 32.1. The van der Waals surface area contributed by atoms with Gasteiger partial charge < -0.3 is 14.4 Å². The van der Waals surface area contributed by atoms with E-state index in [9.17, 15) is 9.59 Å². The number of aromatic nitrogens is 3. The molecule has 1 saturated carbocycles. The first-order valence-corrected chi connectivity index (χ1v) is 14.6. The Labute approximate surface area is 229 Å². The predicted molar refractivity (Wildman–Crippen MR) is 151 cm³/mol. The fourth-order valence-corrected chi connectivity index (χ4v) is 6.42. The summed E-state index contributed by atoms with van der Waals surface area (Å²) in [7, 11) is 3.56. The highest BCUT2D eigenvalue weighted by molar-refractivity contribution is 7.13. The Bertz CT molecular complexity index is 1300. The van der Waals surface area contributed by atoms with E-state index < -0.39 is 0 Å². The molecule has 2 aliphatic rings. The lowest BCUT2D eigenvalue weighted by Gasteiger charge is -2.34. The summed E-state index contributed by atoms with van der Waals surface area (Å²) in [5.41, 5.74) is 5.93. The van der Waals surface area contributed by atoms with Gasteiger partial charge in [-0.2, -0.15) is 0 Å². The molecule has 0 aromatic carbocycles. The number of amides is 2. The third-order valence-electron chi connectivity index (χ3n) is 7.92. The van der Waals surface area contributed by atoms with Gasteiger partial charge in [0.15, 0.2) is 0 Å². The molecule has 0 atom stereocenters. The van der Waals surface area contributed by atoms with Crippen LogP contribution in [0.5, 0.6) is 0 Å². The number of carbonyl (C=O) groups excluding carboxylic acids is 2. The molecule has 1 aliphatic carbocycles.